The summed E-state index contributed by atoms with van der Waals surface area (Å²) in [6.07, 6.45) is 1.33. The SMILES string of the molecule is CCCNC(=O)C(CC)N(Cc1cccc(OC)c1)C(=O)COc1ccc(Br)c(C)c1. The summed E-state index contributed by atoms with van der Waals surface area (Å²) in [6.45, 7) is 6.57. The van der Waals surface area contributed by atoms with Crippen LogP contribution in [0.2, 0.25) is 0 Å². The molecule has 1 unspecified atom stereocenters. The van der Waals surface area contributed by atoms with Crippen LogP contribution in [0.25, 0.3) is 0 Å². The fraction of sp³-hybridized carbons (Fsp3) is 0.417. The van der Waals surface area contributed by atoms with Crippen LogP contribution in [-0.4, -0.2) is 43.0 Å². The Morgan fingerprint density at radius 3 is 2.55 bits per heavy atom. The lowest BCUT2D eigenvalue weighted by Crippen LogP contribution is -2.50. The highest BCUT2D eigenvalue weighted by Gasteiger charge is 2.28. The molecule has 7 heteroatoms. The van der Waals surface area contributed by atoms with E-state index in [1.807, 2.05) is 63.2 Å². The van der Waals surface area contributed by atoms with Gasteiger partial charge in [-0.05, 0) is 61.2 Å². The maximum atomic E-state index is 13.2. The van der Waals surface area contributed by atoms with E-state index in [4.69, 9.17) is 9.47 Å². The van der Waals surface area contributed by atoms with Crippen molar-refractivity contribution in [3.63, 3.8) is 0 Å². The summed E-state index contributed by atoms with van der Waals surface area (Å²) in [5, 5.41) is 2.91. The molecule has 0 aliphatic rings. The molecule has 1 atom stereocenters. The Bertz CT molecular complexity index is 888. The Morgan fingerprint density at radius 2 is 1.90 bits per heavy atom. The molecule has 0 radical (unpaired) electrons. The highest BCUT2D eigenvalue weighted by atomic mass is 79.9. The Hall–Kier alpha value is -2.54. The molecule has 2 amide bonds. The van der Waals surface area contributed by atoms with Crippen LogP contribution in [-0.2, 0) is 16.1 Å². The summed E-state index contributed by atoms with van der Waals surface area (Å²) in [5.74, 6) is 0.913. The standard InChI is InChI=1S/C24H31BrN2O4/c1-5-12-26-24(29)22(6-2)27(15-18-8-7-9-19(14-18)30-4)23(28)16-31-20-10-11-21(25)17(3)13-20/h7-11,13-14,22H,5-6,12,15-16H2,1-4H3,(H,26,29). The second kappa shape index (κ2) is 12.3. The Labute approximate surface area is 193 Å². The average molecular weight is 491 g/mol. The van der Waals surface area contributed by atoms with Crippen molar-refractivity contribution in [3.8, 4) is 11.5 Å². The molecular formula is C24H31BrN2O4. The lowest BCUT2D eigenvalue weighted by Gasteiger charge is -2.30. The molecule has 0 heterocycles. The maximum Gasteiger partial charge on any atom is 0.261 e. The van der Waals surface area contributed by atoms with Gasteiger partial charge in [-0.15, -0.1) is 0 Å². The molecule has 6 nitrogen and oxygen atoms in total. The first kappa shape index (κ1) is 24.7. The highest BCUT2D eigenvalue weighted by Crippen LogP contribution is 2.22. The van der Waals surface area contributed by atoms with Crippen molar-refractivity contribution in [2.45, 2.75) is 46.2 Å². The fourth-order valence-electron chi connectivity index (χ4n) is 3.19. The largest absolute Gasteiger partial charge is 0.497 e. The van der Waals surface area contributed by atoms with E-state index in [0.717, 1.165) is 22.0 Å². The third-order valence-corrected chi connectivity index (χ3v) is 5.80. The van der Waals surface area contributed by atoms with Crippen LogP contribution in [0.1, 0.15) is 37.8 Å². The smallest absolute Gasteiger partial charge is 0.261 e. The van der Waals surface area contributed by atoms with Gasteiger partial charge in [0.05, 0.1) is 7.11 Å². The molecule has 0 fully saturated rings. The molecule has 0 bridgehead atoms. The Kier molecular flexibility index (Phi) is 9.85. The number of benzene rings is 2. The van der Waals surface area contributed by atoms with E-state index < -0.39 is 6.04 Å². The molecule has 2 aromatic carbocycles. The number of methoxy groups -OCH3 is 1. The van der Waals surface area contributed by atoms with E-state index in [9.17, 15) is 9.59 Å². The van der Waals surface area contributed by atoms with E-state index >= 15 is 0 Å². The number of carbonyl (C=O) groups excluding carboxylic acids is 2. The molecule has 0 saturated carbocycles. The number of nitrogens with zero attached hydrogens (tertiary/aromatic N) is 1. The summed E-state index contributed by atoms with van der Waals surface area (Å²) >= 11 is 3.46. The highest BCUT2D eigenvalue weighted by molar-refractivity contribution is 9.10. The summed E-state index contributed by atoms with van der Waals surface area (Å²) < 4.78 is 12.0. The van der Waals surface area contributed by atoms with Gasteiger partial charge in [-0.25, -0.2) is 0 Å². The van der Waals surface area contributed by atoms with Crippen molar-refractivity contribution in [1.29, 1.82) is 0 Å². The molecule has 0 spiro atoms. The fourth-order valence-corrected chi connectivity index (χ4v) is 3.43. The van der Waals surface area contributed by atoms with Crippen LogP contribution >= 0.6 is 15.9 Å². The van der Waals surface area contributed by atoms with E-state index in [1.54, 1.807) is 12.0 Å². The van der Waals surface area contributed by atoms with E-state index in [1.165, 1.54) is 0 Å². The first-order valence-electron chi connectivity index (χ1n) is 10.5. The molecule has 0 aliphatic heterocycles. The van der Waals surface area contributed by atoms with Gasteiger partial charge in [-0.2, -0.15) is 0 Å². The van der Waals surface area contributed by atoms with Gasteiger partial charge < -0.3 is 19.7 Å². The van der Waals surface area contributed by atoms with Gasteiger partial charge in [-0.3, -0.25) is 9.59 Å². The van der Waals surface area contributed by atoms with Gasteiger partial charge in [0.25, 0.3) is 5.91 Å². The zero-order chi connectivity index (χ0) is 22.8. The molecule has 0 aliphatic carbocycles. The number of hydrogen-bond acceptors (Lipinski definition) is 4. The number of nitrogens with one attached hydrogen (secondary N) is 1. The first-order valence-corrected chi connectivity index (χ1v) is 11.3. The van der Waals surface area contributed by atoms with Gasteiger partial charge in [-0.1, -0.05) is 41.9 Å². The topological polar surface area (TPSA) is 67.9 Å². The molecule has 0 saturated heterocycles. The van der Waals surface area contributed by atoms with Crippen molar-refractivity contribution in [2.24, 2.45) is 0 Å². The normalized spacial score (nSPS) is 11.5. The van der Waals surface area contributed by atoms with Crippen molar-refractivity contribution in [2.75, 3.05) is 20.3 Å². The van der Waals surface area contributed by atoms with Crippen LogP contribution in [0, 0.1) is 6.92 Å². The third-order valence-electron chi connectivity index (χ3n) is 4.91. The van der Waals surface area contributed by atoms with Gasteiger partial charge in [0.2, 0.25) is 5.91 Å². The number of ether oxygens (including phenoxy) is 2. The lowest BCUT2D eigenvalue weighted by molar-refractivity contribution is -0.143. The minimum Gasteiger partial charge on any atom is -0.497 e. The van der Waals surface area contributed by atoms with E-state index in [-0.39, 0.29) is 25.0 Å². The summed E-state index contributed by atoms with van der Waals surface area (Å²) in [7, 11) is 1.60. The Balaban J connectivity index is 2.22. The average Bonchev–Trinajstić information content (AvgIpc) is 2.78. The van der Waals surface area contributed by atoms with Crippen molar-refractivity contribution >= 4 is 27.7 Å². The van der Waals surface area contributed by atoms with Crippen LogP contribution in [0.15, 0.2) is 46.9 Å². The van der Waals surface area contributed by atoms with Crippen LogP contribution in [0.3, 0.4) is 0 Å². The molecule has 2 aromatic rings. The van der Waals surface area contributed by atoms with Crippen LogP contribution in [0.5, 0.6) is 11.5 Å². The van der Waals surface area contributed by atoms with E-state index in [0.29, 0.717) is 24.5 Å². The molecule has 31 heavy (non-hydrogen) atoms. The van der Waals surface area contributed by atoms with Crippen LogP contribution in [0.4, 0.5) is 0 Å². The monoisotopic (exact) mass is 490 g/mol. The van der Waals surface area contributed by atoms with Crippen molar-refractivity contribution < 1.29 is 19.1 Å². The minimum absolute atomic E-state index is 0.150. The maximum absolute atomic E-state index is 13.2. The summed E-state index contributed by atoms with van der Waals surface area (Å²) in [5.41, 5.74) is 1.90. The van der Waals surface area contributed by atoms with Gasteiger partial charge in [0, 0.05) is 17.6 Å². The van der Waals surface area contributed by atoms with Crippen molar-refractivity contribution in [3.05, 3.63) is 58.1 Å². The predicted octanol–water partition coefficient (Wildman–Crippen LogP) is 4.48. The summed E-state index contributed by atoms with van der Waals surface area (Å²) in [4.78, 5) is 27.5. The lowest BCUT2D eigenvalue weighted by atomic mass is 10.1. The van der Waals surface area contributed by atoms with E-state index in [2.05, 4.69) is 21.2 Å². The number of rotatable bonds is 11. The number of hydrogen-bond donors (Lipinski definition) is 1. The summed E-state index contributed by atoms with van der Waals surface area (Å²) in [6, 6.07) is 12.5. The molecule has 0 aromatic heterocycles. The van der Waals surface area contributed by atoms with Crippen LogP contribution < -0.4 is 14.8 Å². The Morgan fingerprint density at radius 1 is 1.13 bits per heavy atom. The quantitative estimate of drug-likeness (QED) is 0.504. The van der Waals surface area contributed by atoms with Crippen molar-refractivity contribution in [1.82, 2.24) is 10.2 Å². The number of halogens is 1. The number of aryl methyl sites for hydroxylation is 1. The van der Waals surface area contributed by atoms with Gasteiger partial charge in [0.1, 0.15) is 17.5 Å². The molecular weight excluding hydrogens is 460 g/mol. The van der Waals surface area contributed by atoms with Gasteiger partial charge >= 0.3 is 0 Å². The minimum atomic E-state index is -0.583. The zero-order valence-electron chi connectivity index (χ0n) is 18.6. The second-order valence-corrected chi connectivity index (χ2v) is 8.14. The first-order chi connectivity index (χ1) is 14.9. The molecule has 2 rings (SSSR count). The van der Waals surface area contributed by atoms with Gasteiger partial charge in [0.15, 0.2) is 6.61 Å². The number of carbonyl (C=O) groups is 2. The second-order valence-electron chi connectivity index (χ2n) is 7.29. The predicted molar refractivity (Wildman–Crippen MR) is 125 cm³/mol. The third kappa shape index (κ3) is 7.28. The molecule has 168 valence electrons. The number of amides is 2. The zero-order valence-corrected chi connectivity index (χ0v) is 20.2. The molecule has 1 N–H and O–H groups in total.